The van der Waals surface area contributed by atoms with E-state index >= 15 is 0 Å². The van der Waals surface area contributed by atoms with Crippen molar-refractivity contribution in [3.05, 3.63) is 56.7 Å². The number of carbonyl (C=O) groups excluding carboxylic acids is 1. The number of hydrogen-bond donors (Lipinski definition) is 1. The summed E-state index contributed by atoms with van der Waals surface area (Å²) in [5.41, 5.74) is 2.05. The van der Waals surface area contributed by atoms with Gasteiger partial charge in [-0.15, -0.1) is 11.3 Å². The highest BCUT2D eigenvalue weighted by Crippen LogP contribution is 2.35. The van der Waals surface area contributed by atoms with Crippen LogP contribution < -0.4 is 10.9 Å². The number of aromatic nitrogens is 2. The summed E-state index contributed by atoms with van der Waals surface area (Å²) in [5, 5.41) is 4.38. The Bertz CT molecular complexity index is 1040. The van der Waals surface area contributed by atoms with Crippen LogP contribution in [0.1, 0.15) is 28.5 Å². The molecule has 1 aromatic carbocycles. The summed E-state index contributed by atoms with van der Waals surface area (Å²) in [7, 11) is 0. The van der Waals surface area contributed by atoms with Crippen molar-refractivity contribution >= 4 is 39.2 Å². The maximum atomic E-state index is 13.0. The second-order valence-electron chi connectivity index (χ2n) is 6.46. The van der Waals surface area contributed by atoms with Crippen LogP contribution in [0.25, 0.3) is 10.2 Å². The number of nitrogens with zero attached hydrogens (tertiary/aromatic N) is 2. The first kappa shape index (κ1) is 17.3. The van der Waals surface area contributed by atoms with Gasteiger partial charge in [0.15, 0.2) is 5.16 Å². The molecule has 1 aliphatic heterocycles. The van der Waals surface area contributed by atoms with E-state index in [4.69, 9.17) is 0 Å². The fraction of sp³-hybridized carbons (Fsp3) is 0.316. The first-order chi connectivity index (χ1) is 12.5. The van der Waals surface area contributed by atoms with Crippen LogP contribution in [0.3, 0.4) is 0 Å². The fourth-order valence-corrected chi connectivity index (χ4v) is 5.40. The van der Waals surface area contributed by atoms with Crippen LogP contribution in [0.15, 0.2) is 40.3 Å². The van der Waals surface area contributed by atoms with Crippen molar-refractivity contribution in [1.29, 1.82) is 0 Å². The molecule has 0 radical (unpaired) electrons. The Morgan fingerprint density at radius 1 is 1.31 bits per heavy atom. The second kappa shape index (κ2) is 6.89. The van der Waals surface area contributed by atoms with Gasteiger partial charge in [0.1, 0.15) is 4.83 Å². The maximum absolute atomic E-state index is 13.0. The number of carbonyl (C=O) groups is 1. The number of thiophene rings is 1. The van der Waals surface area contributed by atoms with Crippen molar-refractivity contribution in [2.45, 2.75) is 38.0 Å². The number of hydrogen-bond acceptors (Lipinski definition) is 5. The van der Waals surface area contributed by atoms with E-state index in [1.807, 2.05) is 44.2 Å². The van der Waals surface area contributed by atoms with Crippen molar-refractivity contribution in [2.24, 2.45) is 0 Å². The highest BCUT2D eigenvalue weighted by Gasteiger charge is 2.29. The van der Waals surface area contributed by atoms with Crippen molar-refractivity contribution < 1.29 is 4.79 Å². The largest absolute Gasteiger partial charge is 0.352 e. The molecule has 1 aliphatic rings. The SMILES string of the molecule is Cc1sc2nc3n(c(=O)c2c1C)[C@@H](CC(=O)NCc1ccccc1)CS3. The standard InChI is InChI=1S/C19H19N3O2S2/c1-11-12(2)26-17-16(11)18(24)22-14(10-25-19(22)21-17)8-15(23)20-9-13-6-4-3-5-7-13/h3-7,14H,8-10H2,1-2H3,(H,20,23)/t14-/m0/s1. The number of amides is 1. The molecule has 0 saturated heterocycles. The van der Waals surface area contributed by atoms with Crippen LogP contribution in [0, 0.1) is 13.8 Å². The molecule has 4 rings (SSSR count). The normalized spacial score (nSPS) is 16.0. The molecule has 1 amide bonds. The Balaban J connectivity index is 1.55. The van der Waals surface area contributed by atoms with Gasteiger partial charge in [0.2, 0.25) is 5.91 Å². The minimum Gasteiger partial charge on any atom is -0.352 e. The Morgan fingerprint density at radius 3 is 2.85 bits per heavy atom. The highest BCUT2D eigenvalue weighted by atomic mass is 32.2. The van der Waals surface area contributed by atoms with Crippen LogP contribution in [0.4, 0.5) is 0 Å². The molecule has 0 fully saturated rings. The van der Waals surface area contributed by atoms with Crippen LogP contribution >= 0.6 is 23.1 Å². The van der Waals surface area contributed by atoms with E-state index in [1.54, 1.807) is 27.7 Å². The minimum absolute atomic E-state index is 0.0160. The van der Waals surface area contributed by atoms with Crippen LogP contribution in [-0.2, 0) is 11.3 Å². The Hall–Kier alpha value is -2.12. The lowest BCUT2D eigenvalue weighted by atomic mass is 10.2. The summed E-state index contributed by atoms with van der Waals surface area (Å²) < 4.78 is 1.72. The van der Waals surface area contributed by atoms with E-state index in [0.717, 1.165) is 26.0 Å². The molecule has 3 aromatic rings. The van der Waals surface area contributed by atoms with E-state index in [-0.39, 0.29) is 17.5 Å². The summed E-state index contributed by atoms with van der Waals surface area (Å²) in [4.78, 5) is 32.0. The minimum atomic E-state index is -0.144. The van der Waals surface area contributed by atoms with E-state index in [9.17, 15) is 9.59 Å². The second-order valence-corrected chi connectivity index (χ2v) is 8.65. The Labute approximate surface area is 159 Å². The Morgan fingerprint density at radius 2 is 2.08 bits per heavy atom. The molecule has 0 unspecified atom stereocenters. The number of nitrogens with one attached hydrogen (secondary N) is 1. The number of benzene rings is 1. The summed E-state index contributed by atoms with van der Waals surface area (Å²) >= 11 is 3.12. The van der Waals surface area contributed by atoms with Crippen molar-refractivity contribution in [1.82, 2.24) is 14.9 Å². The molecule has 0 aliphatic carbocycles. The van der Waals surface area contributed by atoms with Gasteiger partial charge in [-0.05, 0) is 25.0 Å². The van der Waals surface area contributed by atoms with E-state index in [2.05, 4.69) is 10.3 Å². The molecule has 3 heterocycles. The molecular formula is C19H19N3O2S2. The molecule has 0 bridgehead atoms. The van der Waals surface area contributed by atoms with Crippen LogP contribution in [0.5, 0.6) is 0 Å². The van der Waals surface area contributed by atoms with Crippen molar-refractivity contribution in [3.8, 4) is 0 Å². The zero-order valence-corrected chi connectivity index (χ0v) is 16.2. The lowest BCUT2D eigenvalue weighted by Gasteiger charge is -2.13. The quantitative estimate of drug-likeness (QED) is 0.699. The molecular weight excluding hydrogens is 366 g/mol. The van der Waals surface area contributed by atoms with E-state index in [0.29, 0.717) is 24.1 Å². The van der Waals surface area contributed by atoms with Gasteiger partial charge >= 0.3 is 0 Å². The third-order valence-electron chi connectivity index (χ3n) is 4.73. The van der Waals surface area contributed by atoms with Gasteiger partial charge < -0.3 is 5.32 Å². The Kier molecular flexibility index (Phi) is 4.58. The molecule has 0 saturated carbocycles. The van der Waals surface area contributed by atoms with Gasteiger partial charge in [0.05, 0.1) is 11.4 Å². The summed E-state index contributed by atoms with van der Waals surface area (Å²) in [5.74, 6) is 0.661. The summed E-state index contributed by atoms with van der Waals surface area (Å²) in [6.07, 6.45) is 0.294. The zero-order valence-electron chi connectivity index (χ0n) is 14.6. The predicted molar refractivity (Wildman–Crippen MR) is 106 cm³/mol. The molecule has 1 N–H and O–H groups in total. The van der Waals surface area contributed by atoms with Crippen LogP contribution in [-0.4, -0.2) is 21.2 Å². The monoisotopic (exact) mass is 385 g/mol. The zero-order chi connectivity index (χ0) is 18.3. The van der Waals surface area contributed by atoms with Crippen LogP contribution in [0.2, 0.25) is 0 Å². The fourth-order valence-electron chi connectivity index (χ4n) is 3.19. The third-order valence-corrected chi connectivity index (χ3v) is 6.92. The van der Waals surface area contributed by atoms with Gasteiger partial charge in [0, 0.05) is 23.6 Å². The van der Waals surface area contributed by atoms with Gasteiger partial charge in [0.25, 0.3) is 5.56 Å². The number of aryl methyl sites for hydroxylation is 2. The molecule has 5 nitrogen and oxygen atoms in total. The molecule has 1 atom stereocenters. The molecule has 0 spiro atoms. The summed E-state index contributed by atoms with van der Waals surface area (Å²) in [6.45, 7) is 4.48. The lowest BCUT2D eigenvalue weighted by Crippen LogP contribution is -2.30. The number of rotatable bonds is 4. The average Bonchev–Trinajstić information content (AvgIpc) is 3.16. The first-order valence-corrected chi connectivity index (χ1v) is 10.3. The molecule has 7 heteroatoms. The predicted octanol–water partition coefficient (Wildman–Crippen LogP) is 3.43. The number of fused-ring (bicyclic) bond motifs is 2. The summed E-state index contributed by atoms with van der Waals surface area (Å²) in [6, 6.07) is 9.67. The van der Waals surface area contributed by atoms with Gasteiger partial charge in [-0.25, -0.2) is 4.98 Å². The molecule has 2 aromatic heterocycles. The molecule has 26 heavy (non-hydrogen) atoms. The van der Waals surface area contributed by atoms with Gasteiger partial charge in [-0.1, -0.05) is 42.1 Å². The van der Waals surface area contributed by atoms with E-state index < -0.39 is 0 Å². The number of thioether (sulfide) groups is 1. The van der Waals surface area contributed by atoms with Gasteiger partial charge in [-0.2, -0.15) is 0 Å². The van der Waals surface area contributed by atoms with Gasteiger partial charge in [-0.3, -0.25) is 14.2 Å². The topological polar surface area (TPSA) is 64.0 Å². The first-order valence-electron chi connectivity index (χ1n) is 8.50. The average molecular weight is 386 g/mol. The highest BCUT2D eigenvalue weighted by molar-refractivity contribution is 7.99. The maximum Gasteiger partial charge on any atom is 0.263 e. The third kappa shape index (κ3) is 3.05. The van der Waals surface area contributed by atoms with E-state index in [1.165, 1.54) is 0 Å². The van der Waals surface area contributed by atoms with Crippen molar-refractivity contribution in [2.75, 3.05) is 5.75 Å². The molecule has 134 valence electrons. The van der Waals surface area contributed by atoms with Crippen molar-refractivity contribution in [3.63, 3.8) is 0 Å². The smallest absolute Gasteiger partial charge is 0.263 e. The lowest BCUT2D eigenvalue weighted by molar-refractivity contribution is -0.121.